The Hall–Kier alpha value is 0.190. The molecule has 0 unspecified atom stereocenters. The van der Waals surface area contributed by atoms with E-state index >= 15 is 0 Å². The molecule has 1 aliphatic rings. The molecule has 106 valence electrons. The third-order valence-electron chi connectivity index (χ3n) is 3.31. The summed E-state index contributed by atoms with van der Waals surface area (Å²) in [6.07, 6.45) is 9.16. The molecule has 0 heterocycles. The summed E-state index contributed by atoms with van der Waals surface area (Å²) in [6, 6.07) is 0. The molecular formula is C13H26HfN2O2-2. The zero-order valence-corrected chi connectivity index (χ0v) is 16.2. The Morgan fingerprint density at radius 1 is 1.00 bits per heavy atom. The summed E-state index contributed by atoms with van der Waals surface area (Å²) in [7, 11) is 8.65. The van der Waals surface area contributed by atoms with Gasteiger partial charge in [0.15, 0.2) is 0 Å². The Morgan fingerprint density at radius 3 is 1.67 bits per heavy atom. The molecule has 0 fully saturated rings. The van der Waals surface area contributed by atoms with Gasteiger partial charge in [-0.2, -0.15) is 0 Å². The van der Waals surface area contributed by atoms with Crippen LogP contribution in [0.5, 0.6) is 0 Å². The van der Waals surface area contributed by atoms with Crippen LogP contribution in [0.1, 0.15) is 20.8 Å². The fourth-order valence-corrected chi connectivity index (χ4v) is 19.7. The second-order valence-electron chi connectivity index (χ2n) is 5.56. The van der Waals surface area contributed by atoms with Gasteiger partial charge in [-0.25, -0.2) is 0 Å². The zero-order chi connectivity index (χ0) is 13.3. The van der Waals surface area contributed by atoms with Crippen molar-refractivity contribution in [3.63, 3.8) is 0 Å². The van der Waals surface area contributed by atoms with E-state index in [0.29, 0.717) is 0 Å². The van der Waals surface area contributed by atoms with E-state index in [-0.39, 0.29) is 14.8 Å². The molecular weight excluding hydrogens is 395 g/mol. The summed E-state index contributed by atoms with van der Waals surface area (Å²) in [5, 5.41) is 0. The molecule has 0 atom stereocenters. The summed E-state index contributed by atoms with van der Waals surface area (Å²) in [6.45, 7) is 6.57. The maximum Gasteiger partial charge on any atom is -2.00 e. The average Bonchev–Trinajstić information content (AvgIpc) is 2.61. The SMILES string of the molecule is CC(C)[O][Hf]([N](C)C)([N](C)C)[C]1(C)C=CC=C1.[O-2]. The molecule has 4 nitrogen and oxygen atoms in total. The molecule has 0 saturated carbocycles. The quantitative estimate of drug-likeness (QED) is 0.642. The predicted octanol–water partition coefficient (Wildman–Crippen LogP) is 2.62. The van der Waals surface area contributed by atoms with Crippen LogP contribution in [-0.4, -0.2) is 40.1 Å². The van der Waals surface area contributed by atoms with Crippen LogP contribution in [0.25, 0.3) is 0 Å². The molecule has 1 rings (SSSR count). The maximum atomic E-state index is 6.52. The van der Waals surface area contributed by atoms with Crippen molar-refractivity contribution >= 4 is 0 Å². The van der Waals surface area contributed by atoms with Gasteiger partial charge < -0.3 is 5.48 Å². The third-order valence-corrected chi connectivity index (χ3v) is 21.1. The maximum absolute atomic E-state index is 6.52. The molecule has 0 amide bonds. The third kappa shape index (κ3) is 3.02. The number of allylic oxidation sites excluding steroid dienone is 4. The minimum absolute atomic E-state index is 0. The molecule has 0 bridgehead atoms. The summed E-state index contributed by atoms with van der Waals surface area (Å²) in [4.78, 5) is 0. The molecule has 0 saturated heterocycles. The summed E-state index contributed by atoms with van der Waals surface area (Å²) >= 11 is -3.26. The van der Waals surface area contributed by atoms with Crippen molar-refractivity contribution in [1.82, 2.24) is 5.78 Å². The van der Waals surface area contributed by atoms with Crippen LogP contribution in [0.15, 0.2) is 24.3 Å². The first-order valence-corrected chi connectivity index (χ1v) is 12.6. The largest absolute Gasteiger partial charge is 2.00 e. The smallest absolute Gasteiger partial charge is 2.00 e. The van der Waals surface area contributed by atoms with Crippen molar-refractivity contribution < 1.29 is 29.3 Å². The van der Waals surface area contributed by atoms with E-state index in [1.807, 2.05) is 0 Å². The Kier molecular flexibility index (Phi) is 6.64. The minimum Gasteiger partial charge on any atom is -2.00 e. The molecule has 0 aromatic carbocycles. The molecule has 0 N–H and O–H groups in total. The minimum atomic E-state index is -3.26. The van der Waals surface area contributed by atoms with Crippen LogP contribution < -0.4 is 0 Å². The summed E-state index contributed by atoms with van der Waals surface area (Å²) in [5.74, 6) is 0. The van der Waals surface area contributed by atoms with Crippen LogP contribution in [0.4, 0.5) is 0 Å². The topological polar surface area (TPSA) is 44.2 Å². The number of hydrogen-bond acceptors (Lipinski definition) is 3. The van der Waals surface area contributed by atoms with Crippen LogP contribution in [0.2, 0.25) is 3.17 Å². The number of hydrogen-bond donors (Lipinski definition) is 0. The van der Waals surface area contributed by atoms with Gasteiger partial charge >= 0.3 is 112 Å². The van der Waals surface area contributed by atoms with Crippen LogP contribution in [-0.2, 0) is 29.3 Å². The monoisotopic (exact) mass is 422 g/mol. The van der Waals surface area contributed by atoms with Crippen LogP contribution in [0.3, 0.4) is 0 Å². The summed E-state index contributed by atoms with van der Waals surface area (Å²) in [5.41, 5.74) is 0. The van der Waals surface area contributed by atoms with Crippen LogP contribution >= 0.6 is 0 Å². The van der Waals surface area contributed by atoms with E-state index in [4.69, 9.17) is 2.85 Å². The Bertz CT molecular complexity index is 305. The first-order valence-electron chi connectivity index (χ1n) is 6.16. The predicted molar refractivity (Wildman–Crippen MR) is 70.9 cm³/mol. The van der Waals surface area contributed by atoms with Crippen molar-refractivity contribution in [2.24, 2.45) is 0 Å². The Morgan fingerprint density at radius 2 is 1.39 bits per heavy atom. The molecule has 0 aromatic rings. The van der Waals surface area contributed by atoms with Gasteiger partial charge in [-0.05, 0) is 0 Å². The van der Waals surface area contributed by atoms with Crippen molar-refractivity contribution in [1.29, 1.82) is 0 Å². The van der Waals surface area contributed by atoms with Crippen molar-refractivity contribution in [2.45, 2.75) is 30.0 Å². The van der Waals surface area contributed by atoms with Gasteiger partial charge in [-0.15, -0.1) is 0 Å². The standard InChI is InChI=1S/C6H7.C3H7O.2C2H6N.Hf.O/c1-6-4-2-3-5-6;1-3(2)4;2*1-3-2;;/h2-5H,1H3;3H,1-2H3;2*1-2H3;;/q;3*-1;+3;-2. The van der Waals surface area contributed by atoms with Crippen LogP contribution in [0, 0.1) is 0 Å². The summed E-state index contributed by atoms with van der Waals surface area (Å²) < 4.78 is 11.3. The van der Waals surface area contributed by atoms with E-state index in [1.165, 1.54) is 0 Å². The molecule has 5 heteroatoms. The normalized spacial score (nSPS) is 17.9. The van der Waals surface area contributed by atoms with E-state index in [9.17, 15) is 0 Å². The van der Waals surface area contributed by atoms with Crippen molar-refractivity contribution in [2.75, 3.05) is 28.2 Å². The Labute approximate surface area is 117 Å². The van der Waals surface area contributed by atoms with E-state index in [0.717, 1.165) is 0 Å². The second-order valence-corrected chi connectivity index (χ2v) is 21.1. The van der Waals surface area contributed by atoms with Gasteiger partial charge in [0.1, 0.15) is 0 Å². The van der Waals surface area contributed by atoms with Gasteiger partial charge in [0.2, 0.25) is 0 Å². The molecule has 0 spiro atoms. The molecule has 0 aromatic heterocycles. The molecule has 0 radical (unpaired) electrons. The van der Waals surface area contributed by atoms with Gasteiger partial charge in [-0.3, -0.25) is 0 Å². The Balaban J connectivity index is 0.00000289. The first kappa shape index (κ1) is 18.2. The van der Waals surface area contributed by atoms with Gasteiger partial charge in [0, 0.05) is 0 Å². The second kappa shape index (κ2) is 6.57. The van der Waals surface area contributed by atoms with E-state index in [1.54, 1.807) is 0 Å². The fraction of sp³-hybridized carbons (Fsp3) is 0.692. The molecule has 0 aliphatic heterocycles. The van der Waals surface area contributed by atoms with E-state index < -0.39 is 21.0 Å². The molecule has 1 aliphatic carbocycles. The van der Waals surface area contributed by atoms with Gasteiger partial charge in [-0.1, -0.05) is 0 Å². The van der Waals surface area contributed by atoms with Gasteiger partial charge in [0.25, 0.3) is 0 Å². The zero-order valence-electron chi connectivity index (χ0n) is 12.6. The average molecular weight is 421 g/mol. The van der Waals surface area contributed by atoms with Crippen molar-refractivity contribution in [3.8, 4) is 0 Å². The fourth-order valence-electron chi connectivity index (χ4n) is 2.81. The number of rotatable bonds is 5. The van der Waals surface area contributed by atoms with E-state index in [2.05, 4.69) is 79.0 Å². The number of nitrogens with zero attached hydrogens (tertiary/aromatic N) is 2. The van der Waals surface area contributed by atoms with Gasteiger partial charge in [0.05, 0.1) is 0 Å². The molecule has 18 heavy (non-hydrogen) atoms. The van der Waals surface area contributed by atoms with Crippen molar-refractivity contribution in [3.05, 3.63) is 24.3 Å². The first-order chi connectivity index (χ1) is 7.76.